The number of benzene rings is 4. The molecule has 48 heavy (non-hydrogen) atoms. The van der Waals surface area contributed by atoms with E-state index < -0.39 is 12.2 Å². The third-order valence-electron chi connectivity index (χ3n) is 8.56. The molecule has 0 saturated carbocycles. The third-order valence-corrected chi connectivity index (χ3v) is 8.56. The molecule has 1 aromatic heterocycles. The number of phenols is 1. The Kier molecular flexibility index (Phi) is 10.7. The number of hydrogen-bond donors (Lipinski definition) is 5. The fourth-order valence-corrected chi connectivity index (χ4v) is 6.05. The van der Waals surface area contributed by atoms with Crippen LogP contribution in [0, 0.1) is 0 Å². The van der Waals surface area contributed by atoms with E-state index in [2.05, 4.69) is 20.5 Å². The lowest BCUT2D eigenvalue weighted by molar-refractivity contribution is 0.0548. The van der Waals surface area contributed by atoms with Crippen LogP contribution in [0.1, 0.15) is 30.1 Å². The number of para-hydroxylation sites is 1. The number of carbonyl (C=O) groups excluding carboxylic acids is 1. The van der Waals surface area contributed by atoms with Gasteiger partial charge in [0.15, 0.2) is 0 Å². The van der Waals surface area contributed by atoms with Crippen molar-refractivity contribution in [3.63, 3.8) is 0 Å². The summed E-state index contributed by atoms with van der Waals surface area (Å²) in [5.41, 5.74) is 4.33. The maximum atomic E-state index is 12.7. The number of nitrogens with zero attached hydrogens (tertiary/aromatic N) is 1. The average Bonchev–Trinajstić information content (AvgIpc) is 3.10. The van der Waals surface area contributed by atoms with Gasteiger partial charge in [-0.2, -0.15) is 0 Å². The van der Waals surface area contributed by atoms with Crippen molar-refractivity contribution in [2.75, 3.05) is 38.1 Å². The number of nitrogens with one attached hydrogen (secondary N) is 3. The van der Waals surface area contributed by atoms with E-state index in [1.54, 1.807) is 12.1 Å². The summed E-state index contributed by atoms with van der Waals surface area (Å²) in [4.78, 5) is 29.4. The number of amides is 1. The lowest BCUT2D eigenvalue weighted by Crippen LogP contribution is -2.40. The summed E-state index contributed by atoms with van der Waals surface area (Å²) < 4.78 is 11.8. The Morgan fingerprint density at radius 1 is 0.938 bits per heavy atom. The third kappa shape index (κ3) is 8.40. The topological polar surface area (TPSA) is 136 Å². The number of aliphatic hydroxyl groups excluding tert-OH is 1. The second kappa shape index (κ2) is 15.6. The summed E-state index contributed by atoms with van der Waals surface area (Å²) in [5.74, 6) is 0.734. The first kappa shape index (κ1) is 32.8. The first-order chi connectivity index (χ1) is 23.4. The summed E-state index contributed by atoms with van der Waals surface area (Å²) in [6, 6.07) is 31.6. The molecule has 0 spiro atoms. The molecule has 2 heterocycles. The molecule has 5 N–H and O–H groups in total. The van der Waals surface area contributed by atoms with Crippen LogP contribution in [0.25, 0.3) is 22.0 Å². The number of aromatic amines is 1. The minimum atomic E-state index is -0.835. The van der Waals surface area contributed by atoms with Crippen LogP contribution >= 0.6 is 0 Å². The van der Waals surface area contributed by atoms with Crippen molar-refractivity contribution in [1.29, 1.82) is 0 Å². The number of likely N-dealkylation sites (tertiary alicyclic amines) is 1. The second-order valence-electron chi connectivity index (χ2n) is 11.9. The van der Waals surface area contributed by atoms with Gasteiger partial charge in [0.1, 0.15) is 24.2 Å². The van der Waals surface area contributed by atoms with Crippen molar-refractivity contribution >= 4 is 22.7 Å². The van der Waals surface area contributed by atoms with Crippen LogP contribution in [-0.4, -0.2) is 65.1 Å². The monoisotopic (exact) mass is 648 g/mol. The second-order valence-corrected chi connectivity index (χ2v) is 11.9. The van der Waals surface area contributed by atoms with Gasteiger partial charge in [0.2, 0.25) is 5.56 Å². The summed E-state index contributed by atoms with van der Waals surface area (Å²) >= 11 is 0. The number of ether oxygens (including phenoxy) is 2. The van der Waals surface area contributed by atoms with Gasteiger partial charge in [-0.25, -0.2) is 4.79 Å². The molecule has 0 bridgehead atoms. The highest BCUT2D eigenvalue weighted by atomic mass is 16.6. The van der Waals surface area contributed by atoms with Gasteiger partial charge < -0.3 is 30.0 Å². The summed E-state index contributed by atoms with van der Waals surface area (Å²) in [5, 5.41) is 27.7. The maximum absolute atomic E-state index is 12.7. The molecule has 1 atom stereocenters. The SMILES string of the molecule is O=C(Nc1ccccc1-c1ccccc1)OC1CCN(CCOc2cccc(CNC[C@@H](O)c3ccc(O)c4[nH]c(=O)ccc34)c2)CC1. The summed E-state index contributed by atoms with van der Waals surface area (Å²) in [6.07, 6.45) is 0.122. The molecule has 1 saturated heterocycles. The molecule has 1 aliphatic rings. The Morgan fingerprint density at radius 2 is 1.73 bits per heavy atom. The zero-order chi connectivity index (χ0) is 33.3. The predicted molar refractivity (Wildman–Crippen MR) is 186 cm³/mol. The number of aliphatic hydroxyl groups is 1. The van der Waals surface area contributed by atoms with E-state index in [1.165, 1.54) is 12.1 Å². The van der Waals surface area contributed by atoms with E-state index in [0.717, 1.165) is 60.6 Å². The number of aromatic nitrogens is 1. The van der Waals surface area contributed by atoms with Crippen molar-refractivity contribution in [3.8, 4) is 22.6 Å². The van der Waals surface area contributed by atoms with E-state index >= 15 is 0 Å². The maximum Gasteiger partial charge on any atom is 0.411 e. The molecular weight excluding hydrogens is 608 g/mol. The lowest BCUT2D eigenvalue weighted by Gasteiger charge is -2.31. The van der Waals surface area contributed by atoms with Crippen LogP contribution < -0.4 is 20.9 Å². The first-order valence-electron chi connectivity index (χ1n) is 16.2. The number of hydrogen-bond acceptors (Lipinski definition) is 8. The number of phenolic OH excluding ortho intramolecular Hbond substituents is 1. The number of anilines is 1. The van der Waals surface area contributed by atoms with E-state index in [9.17, 15) is 19.8 Å². The molecule has 4 aromatic carbocycles. The van der Waals surface area contributed by atoms with E-state index in [0.29, 0.717) is 29.6 Å². The highest BCUT2D eigenvalue weighted by Gasteiger charge is 2.23. The Labute approximate surface area is 279 Å². The largest absolute Gasteiger partial charge is 0.506 e. The van der Waals surface area contributed by atoms with Crippen molar-refractivity contribution in [3.05, 3.63) is 125 Å². The van der Waals surface area contributed by atoms with Crippen molar-refractivity contribution < 1.29 is 24.5 Å². The molecule has 6 rings (SSSR count). The Bertz CT molecular complexity index is 1890. The molecule has 5 aromatic rings. The van der Waals surface area contributed by atoms with Gasteiger partial charge >= 0.3 is 6.09 Å². The van der Waals surface area contributed by atoms with Gasteiger partial charge in [-0.1, -0.05) is 66.7 Å². The number of H-pyrrole nitrogens is 1. The highest BCUT2D eigenvalue weighted by molar-refractivity contribution is 5.91. The normalized spacial score (nSPS) is 14.4. The van der Waals surface area contributed by atoms with Crippen LogP contribution in [0.3, 0.4) is 0 Å². The number of fused-ring (bicyclic) bond motifs is 1. The molecule has 1 amide bonds. The summed E-state index contributed by atoms with van der Waals surface area (Å²) in [7, 11) is 0. The molecule has 1 aliphatic heterocycles. The predicted octanol–water partition coefficient (Wildman–Crippen LogP) is 5.82. The molecule has 248 valence electrons. The van der Waals surface area contributed by atoms with E-state index in [-0.39, 0.29) is 24.0 Å². The van der Waals surface area contributed by atoms with Crippen LogP contribution in [0.15, 0.2) is 108 Å². The smallest absolute Gasteiger partial charge is 0.411 e. The number of rotatable bonds is 12. The average molecular weight is 649 g/mol. The van der Waals surface area contributed by atoms with Gasteiger partial charge in [0, 0.05) is 49.7 Å². The standard InChI is InChI=1S/C38H40N4O6/c43-34-15-13-31(32-14-16-36(45)41-37(32)34)35(44)25-39-24-26-7-6-10-29(23-26)47-22-21-42-19-17-28(18-20-42)48-38(46)40-33-12-5-4-11-30(33)27-8-2-1-3-9-27/h1-16,23,28,35,39,43-44H,17-22,24-25H2,(H,40,46)(H,41,45)/t35-/m1/s1. The van der Waals surface area contributed by atoms with Crippen molar-refractivity contribution in [2.24, 2.45) is 0 Å². The van der Waals surface area contributed by atoms with Gasteiger partial charge in [-0.15, -0.1) is 0 Å². The Morgan fingerprint density at radius 3 is 2.56 bits per heavy atom. The first-order valence-corrected chi connectivity index (χ1v) is 16.2. The molecule has 10 nitrogen and oxygen atoms in total. The number of carbonyl (C=O) groups is 1. The van der Waals surface area contributed by atoms with Gasteiger partial charge in [-0.3, -0.25) is 15.0 Å². The molecule has 1 fully saturated rings. The van der Waals surface area contributed by atoms with Crippen molar-refractivity contribution in [1.82, 2.24) is 15.2 Å². The highest BCUT2D eigenvalue weighted by Crippen LogP contribution is 2.29. The zero-order valence-electron chi connectivity index (χ0n) is 26.6. The van der Waals surface area contributed by atoms with E-state index in [4.69, 9.17) is 9.47 Å². The van der Waals surface area contributed by atoms with Crippen LogP contribution in [0.5, 0.6) is 11.5 Å². The fourth-order valence-electron chi connectivity index (χ4n) is 6.05. The van der Waals surface area contributed by atoms with Crippen molar-refractivity contribution in [2.45, 2.75) is 31.6 Å². The summed E-state index contributed by atoms with van der Waals surface area (Å²) in [6.45, 7) is 3.76. The molecule has 0 unspecified atom stereocenters. The number of piperidine rings is 1. The van der Waals surface area contributed by atoms with Gasteiger partial charge in [0.25, 0.3) is 0 Å². The fraction of sp³-hybridized carbons (Fsp3) is 0.263. The quantitative estimate of drug-likeness (QED) is 0.114. The van der Waals surface area contributed by atoms with Crippen LogP contribution in [0.2, 0.25) is 0 Å². The number of aromatic hydroxyl groups is 1. The van der Waals surface area contributed by atoms with E-state index in [1.807, 2.05) is 78.9 Å². The van der Waals surface area contributed by atoms with Crippen LogP contribution in [0.4, 0.5) is 10.5 Å². The molecule has 0 aliphatic carbocycles. The van der Waals surface area contributed by atoms with Gasteiger partial charge in [0.05, 0.1) is 17.3 Å². The molecule has 0 radical (unpaired) electrons. The Balaban J connectivity index is 0.908. The van der Waals surface area contributed by atoms with Crippen LogP contribution in [-0.2, 0) is 11.3 Å². The zero-order valence-corrected chi connectivity index (χ0v) is 26.6. The van der Waals surface area contributed by atoms with Gasteiger partial charge in [-0.05, 0) is 59.9 Å². The molecular formula is C38H40N4O6. The minimum Gasteiger partial charge on any atom is -0.506 e. The molecule has 10 heteroatoms. The lowest BCUT2D eigenvalue weighted by atomic mass is 10.0. The minimum absolute atomic E-state index is 0.0385. The Hall–Kier alpha value is -5.16. The number of pyridine rings is 1.